The molecule has 1 atom stereocenters. The first-order valence-electron chi connectivity index (χ1n) is 8.64. The van der Waals surface area contributed by atoms with Crippen LogP contribution in [0.15, 0.2) is 29.3 Å². The van der Waals surface area contributed by atoms with Crippen molar-refractivity contribution in [1.29, 1.82) is 0 Å². The van der Waals surface area contributed by atoms with Crippen LogP contribution in [0, 0.1) is 0 Å². The summed E-state index contributed by atoms with van der Waals surface area (Å²) in [4.78, 5) is 7.01. The fourth-order valence-electron chi connectivity index (χ4n) is 3.04. The summed E-state index contributed by atoms with van der Waals surface area (Å²) in [5, 5.41) is 3.10. The van der Waals surface area contributed by atoms with E-state index in [1.807, 2.05) is 24.3 Å². The largest absolute Gasteiger partial charge is 0.495 e. The van der Waals surface area contributed by atoms with Gasteiger partial charge in [0, 0.05) is 12.6 Å². The molecule has 2 rings (SSSR count). The number of para-hydroxylation sites is 2. The van der Waals surface area contributed by atoms with Crippen molar-refractivity contribution in [1.82, 2.24) is 4.90 Å². The zero-order valence-electron chi connectivity index (χ0n) is 14.4. The van der Waals surface area contributed by atoms with Gasteiger partial charge in [0.1, 0.15) is 5.75 Å². The van der Waals surface area contributed by atoms with Crippen LogP contribution in [0.5, 0.6) is 5.75 Å². The molecule has 1 saturated heterocycles. The standard InChI is InChI=1S/C18H30N4O/c1-15-9-5-7-13-22(15)14-8-6-12-20-18(19)21-16-10-3-4-11-17(16)23-2/h3-4,10-11,15H,5-9,12-14H2,1-2H3,(H3,19,20,21). The molecule has 0 spiro atoms. The van der Waals surface area contributed by atoms with Crippen molar-refractivity contribution < 1.29 is 4.74 Å². The molecule has 0 amide bonds. The minimum Gasteiger partial charge on any atom is -0.495 e. The number of likely N-dealkylation sites (tertiary alicyclic amines) is 1. The molecule has 0 radical (unpaired) electrons. The SMILES string of the molecule is COc1ccccc1NC(N)=NCCCCN1CCCCC1C. The van der Waals surface area contributed by atoms with Crippen LogP contribution >= 0.6 is 0 Å². The Morgan fingerprint density at radius 1 is 1.35 bits per heavy atom. The summed E-state index contributed by atoms with van der Waals surface area (Å²) in [5.41, 5.74) is 6.80. The van der Waals surface area contributed by atoms with E-state index in [1.165, 1.54) is 38.8 Å². The maximum atomic E-state index is 5.95. The number of hydrogen-bond donors (Lipinski definition) is 2. The molecule has 1 fully saturated rings. The van der Waals surface area contributed by atoms with E-state index in [0.717, 1.165) is 30.4 Å². The molecule has 0 aliphatic carbocycles. The molecule has 1 unspecified atom stereocenters. The average Bonchev–Trinajstić information content (AvgIpc) is 2.56. The van der Waals surface area contributed by atoms with Crippen LogP contribution in [0.1, 0.15) is 39.0 Å². The van der Waals surface area contributed by atoms with Crippen molar-refractivity contribution in [2.45, 2.75) is 45.1 Å². The summed E-state index contributed by atoms with van der Waals surface area (Å²) >= 11 is 0. The molecule has 0 bridgehead atoms. The maximum Gasteiger partial charge on any atom is 0.193 e. The Labute approximate surface area is 139 Å². The van der Waals surface area contributed by atoms with Crippen LogP contribution in [0.25, 0.3) is 0 Å². The van der Waals surface area contributed by atoms with Crippen LogP contribution in [0.2, 0.25) is 0 Å². The number of piperidine rings is 1. The van der Waals surface area contributed by atoms with E-state index < -0.39 is 0 Å². The van der Waals surface area contributed by atoms with Crippen molar-refractivity contribution in [3.8, 4) is 5.75 Å². The molecule has 128 valence electrons. The fraction of sp³-hybridized carbons (Fsp3) is 0.611. The van der Waals surface area contributed by atoms with Gasteiger partial charge in [-0.15, -0.1) is 0 Å². The number of hydrogen-bond acceptors (Lipinski definition) is 3. The van der Waals surface area contributed by atoms with E-state index in [1.54, 1.807) is 7.11 Å². The molecule has 1 aliphatic rings. The van der Waals surface area contributed by atoms with Crippen molar-refractivity contribution in [3.63, 3.8) is 0 Å². The smallest absolute Gasteiger partial charge is 0.193 e. The molecule has 1 aromatic carbocycles. The summed E-state index contributed by atoms with van der Waals surface area (Å²) in [6.45, 7) is 5.53. The molecular formula is C18H30N4O. The van der Waals surface area contributed by atoms with Gasteiger partial charge in [0.15, 0.2) is 5.96 Å². The monoisotopic (exact) mass is 318 g/mol. The molecule has 5 nitrogen and oxygen atoms in total. The lowest BCUT2D eigenvalue weighted by atomic mass is 10.0. The number of unbranched alkanes of at least 4 members (excludes halogenated alkanes) is 1. The van der Waals surface area contributed by atoms with Crippen molar-refractivity contribution >= 4 is 11.6 Å². The number of nitrogens with two attached hydrogens (primary N) is 1. The molecule has 23 heavy (non-hydrogen) atoms. The number of nitrogens with zero attached hydrogens (tertiary/aromatic N) is 2. The van der Waals surface area contributed by atoms with Crippen LogP contribution < -0.4 is 15.8 Å². The summed E-state index contributed by atoms with van der Waals surface area (Å²) in [6.07, 6.45) is 6.31. The highest BCUT2D eigenvalue weighted by molar-refractivity contribution is 5.93. The topological polar surface area (TPSA) is 62.9 Å². The van der Waals surface area contributed by atoms with Crippen LogP contribution in [0.3, 0.4) is 0 Å². The van der Waals surface area contributed by atoms with Crippen molar-refractivity contribution in [2.75, 3.05) is 32.1 Å². The Bertz CT molecular complexity index is 504. The Balaban J connectivity index is 1.68. The van der Waals surface area contributed by atoms with Gasteiger partial charge < -0.3 is 20.7 Å². The van der Waals surface area contributed by atoms with Crippen molar-refractivity contribution in [2.24, 2.45) is 10.7 Å². The van der Waals surface area contributed by atoms with Crippen molar-refractivity contribution in [3.05, 3.63) is 24.3 Å². The first kappa shape index (κ1) is 17.6. The molecule has 3 N–H and O–H groups in total. The maximum absolute atomic E-state index is 5.95. The third-order valence-corrected chi connectivity index (χ3v) is 4.45. The van der Waals surface area contributed by atoms with E-state index in [0.29, 0.717) is 5.96 Å². The number of rotatable bonds is 7. The summed E-state index contributed by atoms with van der Waals surface area (Å²) in [6, 6.07) is 8.44. The van der Waals surface area contributed by atoms with Crippen LogP contribution in [-0.4, -0.2) is 43.6 Å². The zero-order valence-corrected chi connectivity index (χ0v) is 14.4. The van der Waals surface area contributed by atoms with Gasteiger partial charge in [0.25, 0.3) is 0 Å². The van der Waals surface area contributed by atoms with Gasteiger partial charge in [-0.1, -0.05) is 18.6 Å². The van der Waals surface area contributed by atoms with Gasteiger partial charge in [-0.25, -0.2) is 0 Å². The summed E-state index contributed by atoms with van der Waals surface area (Å²) < 4.78 is 5.29. The van der Waals surface area contributed by atoms with Crippen LogP contribution in [0.4, 0.5) is 5.69 Å². The highest BCUT2D eigenvalue weighted by Crippen LogP contribution is 2.22. The molecule has 5 heteroatoms. The first-order valence-corrected chi connectivity index (χ1v) is 8.64. The third kappa shape index (κ3) is 5.75. The van der Waals surface area contributed by atoms with E-state index in [4.69, 9.17) is 10.5 Å². The number of guanidine groups is 1. The van der Waals surface area contributed by atoms with Crippen LogP contribution in [-0.2, 0) is 0 Å². The Kier molecular flexibility index (Phi) is 7.20. The quantitative estimate of drug-likeness (QED) is 0.461. The molecule has 1 aliphatic heterocycles. The number of nitrogens with one attached hydrogen (secondary N) is 1. The highest BCUT2D eigenvalue weighted by Gasteiger charge is 2.16. The fourth-order valence-corrected chi connectivity index (χ4v) is 3.04. The van der Waals surface area contributed by atoms with Gasteiger partial charge in [-0.2, -0.15) is 0 Å². The lowest BCUT2D eigenvalue weighted by Gasteiger charge is -2.33. The second kappa shape index (κ2) is 9.40. The van der Waals surface area contributed by atoms with E-state index in [9.17, 15) is 0 Å². The van der Waals surface area contributed by atoms with E-state index in [-0.39, 0.29) is 0 Å². The molecular weight excluding hydrogens is 288 g/mol. The predicted molar refractivity (Wildman–Crippen MR) is 97.2 cm³/mol. The van der Waals surface area contributed by atoms with E-state index in [2.05, 4.69) is 22.1 Å². The number of aliphatic imine (C=N–C) groups is 1. The van der Waals surface area contributed by atoms with Gasteiger partial charge in [-0.05, 0) is 57.8 Å². The lowest BCUT2D eigenvalue weighted by Crippen LogP contribution is -2.38. The van der Waals surface area contributed by atoms with Gasteiger partial charge >= 0.3 is 0 Å². The Morgan fingerprint density at radius 3 is 2.96 bits per heavy atom. The van der Waals surface area contributed by atoms with E-state index >= 15 is 0 Å². The third-order valence-electron chi connectivity index (χ3n) is 4.45. The first-order chi connectivity index (χ1) is 11.2. The average molecular weight is 318 g/mol. The number of anilines is 1. The predicted octanol–water partition coefficient (Wildman–Crippen LogP) is 3.08. The molecule has 0 aromatic heterocycles. The number of methoxy groups -OCH3 is 1. The normalized spacial score (nSPS) is 19.6. The highest BCUT2D eigenvalue weighted by atomic mass is 16.5. The second-order valence-electron chi connectivity index (χ2n) is 6.18. The number of ether oxygens (including phenoxy) is 1. The van der Waals surface area contributed by atoms with Gasteiger partial charge in [0.05, 0.1) is 12.8 Å². The molecule has 1 heterocycles. The molecule has 1 aromatic rings. The van der Waals surface area contributed by atoms with Gasteiger partial charge in [0.2, 0.25) is 0 Å². The number of benzene rings is 1. The minimum atomic E-state index is 0.445. The summed E-state index contributed by atoms with van der Waals surface area (Å²) in [5.74, 6) is 1.21. The van der Waals surface area contributed by atoms with Gasteiger partial charge in [-0.3, -0.25) is 4.99 Å². The Morgan fingerprint density at radius 2 is 2.17 bits per heavy atom. The molecule has 0 saturated carbocycles. The minimum absolute atomic E-state index is 0.445. The lowest BCUT2D eigenvalue weighted by molar-refractivity contribution is 0.158. The summed E-state index contributed by atoms with van der Waals surface area (Å²) in [7, 11) is 1.65. The second-order valence-corrected chi connectivity index (χ2v) is 6.18. The zero-order chi connectivity index (χ0) is 16.5. The Hall–Kier alpha value is -1.75.